The van der Waals surface area contributed by atoms with Crippen molar-refractivity contribution in [3.05, 3.63) is 45.1 Å². The quantitative estimate of drug-likeness (QED) is 0.704. The van der Waals surface area contributed by atoms with E-state index in [1.54, 1.807) is 20.1 Å². The lowest BCUT2D eigenvalue weighted by molar-refractivity contribution is -0.138. The summed E-state index contributed by atoms with van der Waals surface area (Å²) >= 11 is 1.09. The Morgan fingerprint density at radius 1 is 1.21 bits per heavy atom. The Morgan fingerprint density at radius 2 is 1.93 bits per heavy atom. The van der Waals surface area contributed by atoms with E-state index in [2.05, 4.69) is 4.99 Å². The van der Waals surface area contributed by atoms with Gasteiger partial charge in [0.05, 0.1) is 18.6 Å². The highest BCUT2D eigenvalue weighted by atomic mass is 32.2. The van der Waals surface area contributed by atoms with Crippen molar-refractivity contribution in [2.75, 3.05) is 13.7 Å². The zero-order chi connectivity index (χ0) is 20.8. The first-order valence-corrected chi connectivity index (χ1v) is 9.91. The predicted molar refractivity (Wildman–Crippen MR) is 112 cm³/mol. The fourth-order valence-electron chi connectivity index (χ4n) is 2.70. The lowest BCUT2D eigenvalue weighted by Crippen LogP contribution is -2.14. The maximum absolute atomic E-state index is 12.3. The van der Waals surface area contributed by atoms with Crippen LogP contribution in [0.4, 0.5) is 0 Å². The van der Waals surface area contributed by atoms with E-state index in [1.165, 1.54) is 0 Å². The van der Waals surface area contributed by atoms with Crippen LogP contribution in [-0.4, -0.2) is 35.7 Å². The fourth-order valence-corrected chi connectivity index (χ4v) is 3.73. The van der Waals surface area contributed by atoms with Crippen molar-refractivity contribution in [1.82, 2.24) is 0 Å². The van der Waals surface area contributed by atoms with Crippen molar-refractivity contribution in [3.8, 4) is 5.75 Å². The van der Waals surface area contributed by atoms with E-state index in [0.29, 0.717) is 11.3 Å². The van der Waals surface area contributed by atoms with Gasteiger partial charge in [-0.3, -0.25) is 4.79 Å². The molecule has 1 aromatic rings. The number of esters is 1. The zero-order valence-corrected chi connectivity index (χ0v) is 17.6. The van der Waals surface area contributed by atoms with Crippen molar-refractivity contribution in [2.45, 2.75) is 40.5 Å². The van der Waals surface area contributed by atoms with Crippen molar-refractivity contribution >= 4 is 34.8 Å². The Hall–Kier alpha value is -2.54. The van der Waals surface area contributed by atoms with Gasteiger partial charge in [-0.25, -0.2) is 9.79 Å². The average Bonchev–Trinajstić information content (AvgIpc) is 2.93. The summed E-state index contributed by atoms with van der Waals surface area (Å²) in [6.45, 7) is 7.57. The summed E-state index contributed by atoms with van der Waals surface area (Å²) in [6.07, 6.45) is 2.70. The van der Waals surface area contributed by atoms with Crippen LogP contribution in [0.25, 0.3) is 6.08 Å². The summed E-state index contributed by atoms with van der Waals surface area (Å²) in [4.78, 5) is 28.8. The van der Waals surface area contributed by atoms with Gasteiger partial charge in [0, 0.05) is 6.42 Å². The van der Waals surface area contributed by atoms with E-state index >= 15 is 0 Å². The lowest BCUT2D eigenvalue weighted by Gasteiger charge is -2.09. The third-order valence-electron chi connectivity index (χ3n) is 4.13. The molecule has 28 heavy (non-hydrogen) atoms. The molecule has 1 aliphatic heterocycles. The molecule has 0 bridgehead atoms. The van der Waals surface area contributed by atoms with Crippen LogP contribution >= 0.6 is 11.8 Å². The Balaban J connectivity index is 2.51. The van der Waals surface area contributed by atoms with Crippen LogP contribution in [0.1, 0.15) is 43.4 Å². The van der Waals surface area contributed by atoms with Crippen LogP contribution in [0, 0.1) is 13.8 Å². The SMILES string of the molecule is CCCC(=O)N=C1S/C(=C\c2cc(C)c(OC)cc2C)C(O)=C1C(=O)OCC. The van der Waals surface area contributed by atoms with E-state index in [-0.39, 0.29) is 35.3 Å². The van der Waals surface area contributed by atoms with E-state index in [0.717, 1.165) is 34.2 Å². The number of benzene rings is 1. The highest BCUT2D eigenvalue weighted by Crippen LogP contribution is 2.40. The molecule has 1 aliphatic rings. The second-order valence-corrected chi connectivity index (χ2v) is 7.32. The van der Waals surface area contributed by atoms with Gasteiger partial charge in [0.1, 0.15) is 22.1 Å². The molecule has 1 amide bonds. The molecule has 0 aromatic heterocycles. The van der Waals surface area contributed by atoms with Crippen LogP contribution in [-0.2, 0) is 14.3 Å². The van der Waals surface area contributed by atoms with Crippen molar-refractivity contribution in [3.63, 3.8) is 0 Å². The number of carbonyl (C=O) groups is 2. The summed E-state index contributed by atoms with van der Waals surface area (Å²) < 4.78 is 10.4. The van der Waals surface area contributed by atoms with Gasteiger partial charge in [0.15, 0.2) is 0 Å². The standard InChI is InChI=1S/C21H25NO5S/c1-6-8-17(23)22-20-18(21(25)27-7-2)19(24)16(28-20)11-14-9-13(4)15(26-5)10-12(14)3/h9-11,24H,6-8H2,1-5H3/b16-11-,22-20?. The van der Waals surface area contributed by atoms with E-state index in [4.69, 9.17) is 9.47 Å². The van der Waals surface area contributed by atoms with Crippen LogP contribution in [0.2, 0.25) is 0 Å². The van der Waals surface area contributed by atoms with E-state index in [1.807, 2.05) is 32.9 Å². The summed E-state index contributed by atoms with van der Waals surface area (Å²) in [5.41, 5.74) is 2.71. The predicted octanol–water partition coefficient (Wildman–Crippen LogP) is 4.50. The molecule has 0 atom stereocenters. The van der Waals surface area contributed by atoms with Gasteiger partial charge >= 0.3 is 5.97 Å². The molecule has 0 saturated heterocycles. The molecule has 0 saturated carbocycles. The summed E-state index contributed by atoms with van der Waals surface area (Å²) in [7, 11) is 1.61. The van der Waals surface area contributed by atoms with Crippen molar-refractivity contribution in [1.29, 1.82) is 0 Å². The van der Waals surface area contributed by atoms with Gasteiger partial charge in [-0.1, -0.05) is 18.7 Å². The number of aryl methyl sites for hydroxylation is 2. The number of aliphatic imine (C=N–C) groups is 1. The monoisotopic (exact) mass is 403 g/mol. The number of ether oxygens (including phenoxy) is 2. The Labute approximate surface area is 169 Å². The molecule has 1 aromatic carbocycles. The number of methoxy groups -OCH3 is 1. The molecule has 2 rings (SSSR count). The van der Waals surface area contributed by atoms with Crippen LogP contribution in [0.3, 0.4) is 0 Å². The maximum Gasteiger partial charge on any atom is 0.344 e. The Kier molecular flexibility index (Phi) is 7.45. The molecule has 0 unspecified atom stereocenters. The molecule has 0 spiro atoms. The minimum absolute atomic E-state index is 0.0644. The van der Waals surface area contributed by atoms with E-state index in [9.17, 15) is 14.7 Å². The summed E-state index contributed by atoms with van der Waals surface area (Å²) in [5.74, 6) is -0.476. The Bertz CT molecular complexity index is 883. The minimum atomic E-state index is -0.693. The first kappa shape index (κ1) is 21.8. The second-order valence-electron chi connectivity index (χ2n) is 6.29. The van der Waals surface area contributed by atoms with Gasteiger partial charge in [-0.05, 0) is 62.1 Å². The summed E-state index contributed by atoms with van der Waals surface area (Å²) in [5, 5.41) is 10.8. The molecular weight excluding hydrogens is 378 g/mol. The molecule has 0 fully saturated rings. The van der Waals surface area contributed by atoms with Crippen LogP contribution in [0.5, 0.6) is 5.75 Å². The number of rotatable bonds is 6. The highest BCUT2D eigenvalue weighted by Gasteiger charge is 2.33. The normalized spacial score (nSPS) is 16.8. The van der Waals surface area contributed by atoms with Gasteiger partial charge in [0.2, 0.25) is 5.91 Å². The molecule has 6 nitrogen and oxygen atoms in total. The van der Waals surface area contributed by atoms with Crippen molar-refractivity contribution < 1.29 is 24.2 Å². The first-order chi connectivity index (χ1) is 13.3. The number of aliphatic hydroxyl groups is 1. The molecule has 1 N–H and O–H groups in total. The van der Waals surface area contributed by atoms with Crippen molar-refractivity contribution in [2.24, 2.45) is 4.99 Å². The second kappa shape index (κ2) is 9.59. The number of amides is 1. The number of hydrogen-bond acceptors (Lipinski definition) is 6. The number of nitrogens with zero attached hydrogens (tertiary/aromatic N) is 1. The zero-order valence-electron chi connectivity index (χ0n) is 16.8. The summed E-state index contributed by atoms with van der Waals surface area (Å²) in [6, 6.07) is 3.85. The highest BCUT2D eigenvalue weighted by molar-refractivity contribution is 8.18. The largest absolute Gasteiger partial charge is 0.506 e. The molecule has 0 aliphatic carbocycles. The number of carbonyl (C=O) groups excluding carboxylic acids is 2. The topological polar surface area (TPSA) is 85.2 Å². The number of thioether (sulfide) groups is 1. The maximum atomic E-state index is 12.3. The molecule has 1 heterocycles. The third-order valence-corrected chi connectivity index (χ3v) is 5.15. The number of hydrogen-bond donors (Lipinski definition) is 1. The van der Waals surface area contributed by atoms with Gasteiger partial charge in [-0.15, -0.1) is 0 Å². The van der Waals surface area contributed by atoms with Gasteiger partial charge < -0.3 is 14.6 Å². The minimum Gasteiger partial charge on any atom is -0.506 e. The van der Waals surface area contributed by atoms with Gasteiger partial charge in [-0.2, -0.15) is 0 Å². The number of aliphatic hydroxyl groups excluding tert-OH is 1. The van der Waals surface area contributed by atoms with Crippen LogP contribution in [0.15, 0.2) is 33.4 Å². The fraction of sp³-hybridized carbons (Fsp3) is 0.381. The Morgan fingerprint density at radius 3 is 2.54 bits per heavy atom. The van der Waals surface area contributed by atoms with E-state index < -0.39 is 5.97 Å². The average molecular weight is 404 g/mol. The lowest BCUT2D eigenvalue weighted by atomic mass is 10.0. The smallest absolute Gasteiger partial charge is 0.344 e. The molecule has 7 heteroatoms. The molecular formula is C21H25NO5S. The first-order valence-electron chi connectivity index (χ1n) is 9.09. The third kappa shape index (κ3) is 4.84. The molecule has 150 valence electrons. The van der Waals surface area contributed by atoms with Gasteiger partial charge in [0.25, 0.3) is 0 Å². The molecule has 0 radical (unpaired) electrons. The van der Waals surface area contributed by atoms with Crippen LogP contribution < -0.4 is 4.74 Å².